The van der Waals surface area contributed by atoms with Crippen molar-refractivity contribution in [3.8, 4) is 0 Å². The van der Waals surface area contributed by atoms with Gasteiger partial charge in [0.1, 0.15) is 0 Å². The molecule has 0 fully saturated rings. The van der Waals surface area contributed by atoms with Gasteiger partial charge in [0.05, 0.1) is 0 Å². The molecule has 0 aliphatic rings. The average Bonchev–Trinajstić information content (AvgIpc) is 1.30. The van der Waals surface area contributed by atoms with E-state index in [9.17, 15) is 0 Å². The first kappa shape index (κ1) is 6.99. The van der Waals surface area contributed by atoms with Crippen LogP contribution >= 0.6 is 11.6 Å². The van der Waals surface area contributed by atoms with Crippen molar-refractivity contribution < 1.29 is 0 Å². The third-order valence-electron chi connectivity index (χ3n) is 0.480. The Kier molecular flexibility index (Phi) is 2.33. The first-order valence-corrected chi connectivity index (χ1v) is 2.53. The second-order valence-electron chi connectivity index (χ2n) is 2.01. The zero-order chi connectivity index (χ0) is 5.91. The quantitative estimate of drug-likeness (QED) is 0.502. The fraction of sp³-hybridized carbons (Fsp3) is 0.600. The Morgan fingerprint density at radius 2 is 2.00 bits per heavy atom. The molecule has 1 radical (unpaired) electrons. The molecular weight excluding hydrogens is 110 g/mol. The molecule has 0 rings (SSSR count). The Bertz CT molecular complexity index is 70.6. The molecule has 0 aromatic heterocycles. The first-order chi connectivity index (χ1) is 3.06. The summed E-state index contributed by atoms with van der Waals surface area (Å²) in [5.74, 6) is 0. The van der Waals surface area contributed by atoms with Crippen LogP contribution in [0.4, 0.5) is 0 Å². The van der Waals surface area contributed by atoms with E-state index in [1.54, 1.807) is 19.9 Å². The molecule has 0 atom stereocenters. The molecule has 7 heavy (non-hydrogen) atoms. The summed E-state index contributed by atoms with van der Waals surface area (Å²) in [5.41, 5.74) is 8.02. The smallest absolute Gasteiger partial charge is 0.0458 e. The molecule has 0 aromatic carbocycles. The molecule has 1 nitrogen and oxygen atoms in total. The molecule has 0 aliphatic carbocycles. The second-order valence-corrected chi connectivity index (χ2v) is 2.27. The molecule has 0 bridgehead atoms. The van der Waals surface area contributed by atoms with E-state index < -0.39 is 5.54 Å². The predicted molar refractivity (Wildman–Crippen MR) is 32.2 cm³/mol. The number of rotatable bonds is 1. The Balaban J connectivity index is 3.56. The van der Waals surface area contributed by atoms with E-state index >= 15 is 0 Å². The fourth-order valence-corrected chi connectivity index (χ4v) is 0.472. The van der Waals surface area contributed by atoms with Crippen molar-refractivity contribution in [2.75, 3.05) is 0 Å². The molecule has 2 heteroatoms. The predicted octanol–water partition coefficient (Wildman–Crippen LogP) is 1.80. The molecule has 0 heterocycles. The summed E-state index contributed by atoms with van der Waals surface area (Å²) in [5, 5.41) is 0. The lowest BCUT2D eigenvalue weighted by molar-refractivity contribution is 0.630. The highest BCUT2D eigenvalue weighted by Crippen LogP contribution is 2.00. The largest absolute Gasteiger partial charge is 0.248 e. The third-order valence-corrected chi connectivity index (χ3v) is 0.606. The van der Waals surface area contributed by atoms with Crippen LogP contribution < -0.4 is 5.73 Å². The molecule has 0 spiro atoms. The first-order valence-electron chi connectivity index (χ1n) is 2.09. The fourth-order valence-electron chi connectivity index (χ4n) is 0.157. The lowest BCUT2D eigenvalue weighted by Gasteiger charge is -2.07. The van der Waals surface area contributed by atoms with Crippen molar-refractivity contribution in [1.82, 2.24) is 5.73 Å². The van der Waals surface area contributed by atoms with E-state index in [4.69, 9.17) is 17.3 Å². The van der Waals surface area contributed by atoms with Gasteiger partial charge in [-0.2, -0.15) is 0 Å². The van der Waals surface area contributed by atoms with Gasteiger partial charge < -0.3 is 0 Å². The van der Waals surface area contributed by atoms with Gasteiger partial charge in [0.15, 0.2) is 0 Å². The highest BCUT2D eigenvalue weighted by atomic mass is 35.5. The van der Waals surface area contributed by atoms with Crippen molar-refractivity contribution in [2.24, 2.45) is 0 Å². The minimum atomic E-state index is -0.512. The Labute approximate surface area is 49.2 Å². The van der Waals surface area contributed by atoms with E-state index in [0.29, 0.717) is 0 Å². The summed E-state index contributed by atoms with van der Waals surface area (Å²) in [4.78, 5) is 0. The van der Waals surface area contributed by atoms with Crippen LogP contribution in [0.5, 0.6) is 0 Å². The zero-order valence-corrected chi connectivity index (χ0v) is 5.29. The van der Waals surface area contributed by atoms with Gasteiger partial charge in [-0.3, -0.25) is 0 Å². The van der Waals surface area contributed by atoms with E-state index in [0.717, 1.165) is 0 Å². The van der Waals surface area contributed by atoms with Crippen LogP contribution in [0.15, 0.2) is 11.6 Å². The third kappa shape index (κ3) is 5.99. The highest BCUT2D eigenvalue weighted by Gasteiger charge is 2.03. The molecule has 0 unspecified atom stereocenters. The van der Waals surface area contributed by atoms with Crippen LogP contribution in [0.2, 0.25) is 0 Å². The lowest BCUT2D eigenvalue weighted by Crippen LogP contribution is -2.16. The summed E-state index contributed by atoms with van der Waals surface area (Å²) in [6, 6.07) is 0. The maximum absolute atomic E-state index is 7.16. The topological polar surface area (TPSA) is 23.8 Å². The lowest BCUT2D eigenvalue weighted by atomic mass is 10.1. The van der Waals surface area contributed by atoms with E-state index in [-0.39, 0.29) is 0 Å². The Hall–Kier alpha value is -0.0100. The molecule has 0 saturated heterocycles. The summed E-state index contributed by atoms with van der Waals surface area (Å²) in [6.45, 7) is 3.54. The molecule has 0 amide bonds. The van der Waals surface area contributed by atoms with Gasteiger partial charge in [-0.1, -0.05) is 17.7 Å². The van der Waals surface area contributed by atoms with Gasteiger partial charge >= 0.3 is 0 Å². The second kappa shape index (κ2) is 2.34. The van der Waals surface area contributed by atoms with Gasteiger partial charge in [0, 0.05) is 11.1 Å². The van der Waals surface area contributed by atoms with Crippen molar-refractivity contribution >= 4 is 11.6 Å². The number of hydrogen-bond donors (Lipinski definition) is 0. The number of hydrogen-bond acceptors (Lipinski definition) is 0. The molecule has 0 aliphatic heterocycles. The van der Waals surface area contributed by atoms with Gasteiger partial charge in [0.2, 0.25) is 0 Å². The monoisotopic (exact) mass is 118 g/mol. The molecule has 0 saturated carbocycles. The molecule has 0 aromatic rings. The van der Waals surface area contributed by atoms with Gasteiger partial charge in [-0.05, 0) is 13.8 Å². The summed E-state index contributed by atoms with van der Waals surface area (Å²) < 4.78 is 0. The van der Waals surface area contributed by atoms with Crippen LogP contribution in [-0.4, -0.2) is 5.54 Å². The SMILES string of the molecule is CC(C)([NH])C=CCl. The van der Waals surface area contributed by atoms with Crippen molar-refractivity contribution in [1.29, 1.82) is 0 Å². The average molecular weight is 119 g/mol. The van der Waals surface area contributed by atoms with Crippen LogP contribution in [0, 0.1) is 0 Å². The zero-order valence-electron chi connectivity index (χ0n) is 4.53. The summed E-state index contributed by atoms with van der Waals surface area (Å²) in [7, 11) is 0. The normalized spacial score (nSPS) is 13.1. The van der Waals surface area contributed by atoms with Crippen molar-refractivity contribution in [3.63, 3.8) is 0 Å². The van der Waals surface area contributed by atoms with Crippen LogP contribution in [-0.2, 0) is 0 Å². The summed E-state index contributed by atoms with van der Waals surface area (Å²) >= 11 is 5.19. The van der Waals surface area contributed by atoms with Crippen LogP contribution in [0.3, 0.4) is 0 Å². The standard InChI is InChI=1S/C5H9ClN/c1-5(2,7)3-4-6/h3-4,7H,1-2H3. The minimum absolute atomic E-state index is 0.512. The van der Waals surface area contributed by atoms with Crippen molar-refractivity contribution in [2.45, 2.75) is 19.4 Å². The highest BCUT2D eigenvalue weighted by molar-refractivity contribution is 6.25. The van der Waals surface area contributed by atoms with E-state index in [1.807, 2.05) is 0 Å². The Morgan fingerprint density at radius 1 is 1.57 bits per heavy atom. The van der Waals surface area contributed by atoms with Gasteiger partial charge in [0.25, 0.3) is 0 Å². The summed E-state index contributed by atoms with van der Waals surface area (Å²) in [6.07, 6.45) is 1.62. The van der Waals surface area contributed by atoms with Crippen LogP contribution in [0.1, 0.15) is 13.8 Å². The minimum Gasteiger partial charge on any atom is -0.248 e. The van der Waals surface area contributed by atoms with E-state index in [1.165, 1.54) is 5.54 Å². The van der Waals surface area contributed by atoms with Crippen molar-refractivity contribution in [3.05, 3.63) is 11.6 Å². The number of halogens is 1. The van der Waals surface area contributed by atoms with Crippen LogP contribution in [0.25, 0.3) is 0 Å². The van der Waals surface area contributed by atoms with Gasteiger partial charge in [-0.25, -0.2) is 5.73 Å². The maximum atomic E-state index is 7.16. The number of nitrogens with one attached hydrogen (secondary N) is 1. The van der Waals surface area contributed by atoms with E-state index in [2.05, 4.69) is 0 Å². The molecule has 41 valence electrons. The maximum Gasteiger partial charge on any atom is 0.0458 e. The van der Waals surface area contributed by atoms with Gasteiger partial charge in [-0.15, -0.1) is 0 Å². The molecular formula is C5H9ClN. The Morgan fingerprint density at radius 3 is 2.00 bits per heavy atom. The molecule has 1 N–H and O–H groups in total.